The molecule has 0 saturated carbocycles. The Kier molecular flexibility index (Phi) is 7.21. The van der Waals surface area contributed by atoms with Gasteiger partial charge in [-0.25, -0.2) is 0 Å². The lowest BCUT2D eigenvalue weighted by molar-refractivity contribution is -0.146. The molecule has 0 N–H and O–H groups in total. The third kappa shape index (κ3) is 5.53. The summed E-state index contributed by atoms with van der Waals surface area (Å²) in [7, 11) is 1.22. The summed E-state index contributed by atoms with van der Waals surface area (Å²) in [6.07, 6.45) is 0. The van der Waals surface area contributed by atoms with Crippen LogP contribution in [0.5, 0.6) is 0 Å². The molecule has 86 valence electrons. The number of rotatable bonds is 5. The Morgan fingerprint density at radius 1 is 1.33 bits per heavy atom. The lowest BCUT2D eigenvalue weighted by Crippen LogP contribution is -2.33. The highest BCUT2D eigenvalue weighted by Crippen LogP contribution is 2.17. The molecule has 0 aliphatic carbocycles. The van der Waals surface area contributed by atoms with Gasteiger partial charge in [0.2, 0.25) is 0 Å². The first-order valence-electron chi connectivity index (χ1n) is 3.76. The van der Waals surface area contributed by atoms with E-state index in [2.05, 4.69) is 43.2 Å². The summed E-state index contributed by atoms with van der Waals surface area (Å²) in [5.41, 5.74) is 0. The van der Waals surface area contributed by atoms with E-state index in [1.54, 1.807) is 0 Å². The Morgan fingerprint density at radius 3 is 2.20 bits per heavy atom. The number of halogens is 3. The van der Waals surface area contributed by atoms with Crippen molar-refractivity contribution < 1.29 is 19.1 Å². The summed E-state index contributed by atoms with van der Waals surface area (Å²) in [4.78, 5) is 20.7. The third-order valence-electron chi connectivity index (χ3n) is 1.28. The molecule has 0 amide bonds. The molecule has 0 aromatic heterocycles. The summed E-state index contributed by atoms with van der Waals surface area (Å²) in [5, 5.41) is 0.201. The van der Waals surface area contributed by atoms with Crippen LogP contribution in [0.2, 0.25) is 0 Å². The second-order valence-electron chi connectivity index (χ2n) is 2.45. The van der Waals surface area contributed by atoms with Gasteiger partial charge in [0.1, 0.15) is 16.3 Å². The van der Waals surface area contributed by atoms with Gasteiger partial charge in [0.15, 0.2) is 0 Å². The van der Waals surface area contributed by atoms with Crippen LogP contribution in [0.1, 0.15) is 0 Å². The van der Waals surface area contributed by atoms with Gasteiger partial charge >= 0.3 is 11.9 Å². The number of methoxy groups -OCH3 is 1. The predicted molar refractivity (Wildman–Crippen MR) is 63.4 cm³/mol. The van der Waals surface area contributed by atoms with Crippen molar-refractivity contribution in [1.29, 1.82) is 0 Å². The standard InChI is InChI=1S/C8H9Br2ClO4/c1-4(11)3-15-8(13)6(10)5(9)7(12)14-2/h5-6H,1,3H2,2H3. The zero-order valence-corrected chi connectivity index (χ0v) is 11.8. The molecule has 15 heavy (non-hydrogen) atoms. The quantitative estimate of drug-likeness (QED) is 0.553. The lowest BCUT2D eigenvalue weighted by atomic mass is 10.3. The molecule has 4 nitrogen and oxygen atoms in total. The van der Waals surface area contributed by atoms with Gasteiger partial charge in [-0.05, 0) is 0 Å². The molecule has 0 heterocycles. The molecule has 7 heteroatoms. The van der Waals surface area contributed by atoms with E-state index in [0.717, 1.165) is 0 Å². The average Bonchev–Trinajstić information content (AvgIpc) is 2.22. The van der Waals surface area contributed by atoms with Crippen molar-refractivity contribution in [3.05, 3.63) is 11.6 Å². The zero-order chi connectivity index (χ0) is 12.0. The van der Waals surface area contributed by atoms with E-state index >= 15 is 0 Å². The fraction of sp³-hybridized carbons (Fsp3) is 0.500. The molecule has 0 fully saturated rings. The number of carbonyl (C=O) groups is 2. The van der Waals surface area contributed by atoms with Crippen LogP contribution in [0.3, 0.4) is 0 Å². The fourth-order valence-electron chi connectivity index (χ4n) is 0.581. The van der Waals surface area contributed by atoms with Gasteiger partial charge in [0, 0.05) is 5.03 Å². The van der Waals surface area contributed by atoms with Gasteiger partial charge in [-0.2, -0.15) is 0 Å². The van der Waals surface area contributed by atoms with Crippen LogP contribution in [0.25, 0.3) is 0 Å². The minimum Gasteiger partial charge on any atom is -0.468 e. The van der Waals surface area contributed by atoms with Crippen LogP contribution in [0, 0.1) is 0 Å². The predicted octanol–water partition coefficient (Wildman–Crippen LogP) is 1.98. The van der Waals surface area contributed by atoms with Gasteiger partial charge in [-0.15, -0.1) is 0 Å². The van der Waals surface area contributed by atoms with Gasteiger partial charge in [0.05, 0.1) is 7.11 Å². The lowest BCUT2D eigenvalue weighted by Gasteiger charge is -2.13. The second-order valence-corrected chi connectivity index (χ2v) is 4.96. The summed E-state index contributed by atoms with van der Waals surface area (Å²) < 4.78 is 9.17. The van der Waals surface area contributed by atoms with Crippen molar-refractivity contribution in [1.82, 2.24) is 0 Å². The Balaban J connectivity index is 4.19. The number of hydrogen-bond acceptors (Lipinski definition) is 4. The maximum Gasteiger partial charge on any atom is 0.321 e. The summed E-state index contributed by atoms with van der Waals surface area (Å²) >= 11 is 11.4. The summed E-state index contributed by atoms with van der Waals surface area (Å²) in [5.74, 6) is -1.19. The first-order chi connectivity index (χ1) is 6.90. The van der Waals surface area contributed by atoms with Gasteiger partial charge in [0.25, 0.3) is 0 Å². The molecular weight excluding hydrogens is 355 g/mol. The number of alkyl halides is 2. The molecule has 0 aromatic rings. The van der Waals surface area contributed by atoms with E-state index in [1.807, 2.05) is 0 Å². The fourth-order valence-corrected chi connectivity index (χ4v) is 1.39. The maximum absolute atomic E-state index is 11.3. The smallest absolute Gasteiger partial charge is 0.321 e. The van der Waals surface area contributed by atoms with Crippen LogP contribution in [-0.4, -0.2) is 35.3 Å². The third-order valence-corrected chi connectivity index (χ3v) is 3.90. The molecule has 0 spiro atoms. The highest BCUT2D eigenvalue weighted by molar-refractivity contribution is 9.12. The summed E-state index contributed by atoms with van der Waals surface area (Å²) in [6, 6.07) is 0. The normalized spacial score (nSPS) is 13.9. The molecule has 0 aliphatic rings. The van der Waals surface area contributed by atoms with Gasteiger partial charge in [-0.3, -0.25) is 9.59 Å². The Labute approximate surface area is 109 Å². The molecule has 0 aromatic carbocycles. The monoisotopic (exact) mass is 362 g/mol. The maximum atomic E-state index is 11.3. The molecule has 0 saturated heterocycles. The molecule has 2 unspecified atom stereocenters. The number of ether oxygens (including phenoxy) is 2. The first-order valence-corrected chi connectivity index (χ1v) is 5.97. The van der Waals surface area contributed by atoms with E-state index in [4.69, 9.17) is 16.3 Å². The Morgan fingerprint density at radius 2 is 1.80 bits per heavy atom. The molecule has 0 rings (SSSR count). The molecule has 0 bridgehead atoms. The minimum atomic E-state index is -0.832. The van der Waals surface area contributed by atoms with E-state index in [-0.39, 0.29) is 11.6 Å². The van der Waals surface area contributed by atoms with E-state index in [0.29, 0.717) is 0 Å². The van der Waals surface area contributed by atoms with Crippen molar-refractivity contribution in [3.8, 4) is 0 Å². The van der Waals surface area contributed by atoms with Crippen LogP contribution in [0.4, 0.5) is 0 Å². The Hall–Kier alpha value is -0.0700. The second kappa shape index (κ2) is 7.24. The van der Waals surface area contributed by atoms with Crippen LogP contribution < -0.4 is 0 Å². The van der Waals surface area contributed by atoms with Crippen molar-refractivity contribution in [2.75, 3.05) is 13.7 Å². The highest BCUT2D eigenvalue weighted by atomic mass is 79.9. The highest BCUT2D eigenvalue weighted by Gasteiger charge is 2.31. The van der Waals surface area contributed by atoms with Crippen molar-refractivity contribution in [2.24, 2.45) is 0 Å². The SMILES string of the molecule is C=C(Cl)COC(=O)C(Br)C(Br)C(=O)OC. The van der Waals surface area contributed by atoms with Gasteiger partial charge < -0.3 is 9.47 Å². The largest absolute Gasteiger partial charge is 0.468 e. The average molecular weight is 364 g/mol. The first kappa shape index (κ1) is 14.9. The number of carbonyl (C=O) groups excluding carboxylic acids is 2. The van der Waals surface area contributed by atoms with Crippen molar-refractivity contribution >= 4 is 55.4 Å². The molecular formula is C8H9Br2ClO4. The van der Waals surface area contributed by atoms with Crippen LogP contribution >= 0.6 is 43.5 Å². The van der Waals surface area contributed by atoms with E-state index in [1.165, 1.54) is 7.11 Å². The van der Waals surface area contributed by atoms with Crippen LogP contribution in [0.15, 0.2) is 11.6 Å². The number of esters is 2. The molecule has 0 radical (unpaired) electrons. The van der Waals surface area contributed by atoms with E-state index < -0.39 is 21.6 Å². The topological polar surface area (TPSA) is 52.6 Å². The van der Waals surface area contributed by atoms with Gasteiger partial charge in [-0.1, -0.05) is 50.0 Å². The molecule has 0 aliphatic heterocycles. The zero-order valence-electron chi connectivity index (χ0n) is 7.84. The minimum absolute atomic E-state index is 0.0939. The number of hydrogen-bond donors (Lipinski definition) is 0. The van der Waals surface area contributed by atoms with E-state index in [9.17, 15) is 9.59 Å². The Bertz CT molecular complexity index is 269. The molecule has 2 atom stereocenters. The summed E-state index contributed by atoms with van der Waals surface area (Å²) in [6.45, 7) is 3.26. The van der Waals surface area contributed by atoms with Crippen molar-refractivity contribution in [2.45, 2.75) is 9.65 Å². The van der Waals surface area contributed by atoms with Crippen LogP contribution in [-0.2, 0) is 19.1 Å². The van der Waals surface area contributed by atoms with Crippen molar-refractivity contribution in [3.63, 3.8) is 0 Å².